The van der Waals surface area contributed by atoms with Gasteiger partial charge in [0.1, 0.15) is 5.82 Å². The molecule has 0 saturated heterocycles. The van der Waals surface area contributed by atoms with Gasteiger partial charge in [-0.2, -0.15) is 0 Å². The zero-order valence-electron chi connectivity index (χ0n) is 23.1. The number of fused-ring (bicyclic) bond motifs is 3. The highest BCUT2D eigenvalue weighted by Gasteiger charge is 2.18. The van der Waals surface area contributed by atoms with Crippen LogP contribution in [0.4, 0.5) is 4.39 Å². The van der Waals surface area contributed by atoms with Gasteiger partial charge >= 0.3 is 0 Å². The smallest absolute Gasteiger partial charge is 0.123 e. The summed E-state index contributed by atoms with van der Waals surface area (Å²) in [7, 11) is 0. The van der Waals surface area contributed by atoms with Crippen molar-refractivity contribution < 1.29 is 4.39 Å². The van der Waals surface area contributed by atoms with Crippen LogP contribution >= 0.6 is 0 Å². The van der Waals surface area contributed by atoms with Crippen LogP contribution in [-0.4, -0.2) is 0 Å². The molecule has 0 nitrogen and oxygen atoms in total. The third-order valence-electron chi connectivity index (χ3n) is 9.25. The number of hydrogen-bond acceptors (Lipinski definition) is 0. The van der Waals surface area contributed by atoms with Gasteiger partial charge in [0.25, 0.3) is 0 Å². The zero-order chi connectivity index (χ0) is 27.9. The van der Waals surface area contributed by atoms with Crippen LogP contribution in [0.3, 0.4) is 0 Å². The van der Waals surface area contributed by atoms with Crippen molar-refractivity contribution >= 4 is 64.6 Å². The van der Waals surface area contributed by atoms with Crippen LogP contribution in [0, 0.1) is 12.7 Å². The van der Waals surface area contributed by atoms with E-state index in [4.69, 9.17) is 0 Å². The predicted molar refractivity (Wildman–Crippen MR) is 178 cm³/mol. The first-order valence-electron chi connectivity index (χ1n) is 14.5. The maximum atomic E-state index is 13.8. The van der Waals surface area contributed by atoms with E-state index < -0.39 is 0 Å². The molecule has 9 aromatic rings. The number of rotatable bonds is 2. The minimum Gasteiger partial charge on any atom is -0.207 e. The topological polar surface area (TPSA) is 0 Å². The Kier molecular flexibility index (Phi) is 4.81. The molecule has 0 amide bonds. The maximum Gasteiger partial charge on any atom is 0.123 e. The molecule has 0 aliphatic heterocycles. The second-order valence-electron chi connectivity index (χ2n) is 11.4. The molecule has 0 radical (unpaired) electrons. The van der Waals surface area contributed by atoms with Gasteiger partial charge in [0, 0.05) is 0 Å². The van der Waals surface area contributed by atoms with Gasteiger partial charge in [0.15, 0.2) is 0 Å². The molecule has 0 bridgehead atoms. The van der Waals surface area contributed by atoms with Crippen molar-refractivity contribution in [1.82, 2.24) is 0 Å². The summed E-state index contributed by atoms with van der Waals surface area (Å²) in [6.45, 7) is 2.24. The summed E-state index contributed by atoms with van der Waals surface area (Å²) >= 11 is 0. The summed E-state index contributed by atoms with van der Waals surface area (Å²) < 4.78 is 13.8. The Hall–Kier alpha value is -5.27. The molecular formula is C41H25F. The van der Waals surface area contributed by atoms with E-state index in [0.717, 1.165) is 16.3 Å². The molecule has 0 N–H and O–H groups in total. The molecule has 0 aliphatic carbocycles. The summed E-state index contributed by atoms with van der Waals surface area (Å²) in [5, 5.41) is 14.7. The van der Waals surface area contributed by atoms with Crippen molar-refractivity contribution in [2.45, 2.75) is 6.92 Å². The molecule has 0 atom stereocenters. The Balaban J connectivity index is 1.38. The minimum absolute atomic E-state index is 0.206. The van der Waals surface area contributed by atoms with Crippen molar-refractivity contribution in [2.75, 3.05) is 0 Å². The van der Waals surface area contributed by atoms with E-state index in [9.17, 15) is 4.39 Å². The first-order chi connectivity index (χ1) is 20.7. The molecule has 0 saturated carbocycles. The van der Waals surface area contributed by atoms with E-state index in [1.54, 1.807) is 6.07 Å². The zero-order valence-corrected chi connectivity index (χ0v) is 23.1. The van der Waals surface area contributed by atoms with Crippen molar-refractivity contribution in [3.8, 4) is 22.3 Å². The summed E-state index contributed by atoms with van der Waals surface area (Å²) in [6.07, 6.45) is 0. The highest BCUT2D eigenvalue weighted by atomic mass is 19.1. The number of halogens is 1. The maximum absolute atomic E-state index is 13.8. The second kappa shape index (κ2) is 8.61. The summed E-state index contributed by atoms with van der Waals surface area (Å²) in [5.74, 6) is -0.206. The van der Waals surface area contributed by atoms with Gasteiger partial charge in [-0.15, -0.1) is 0 Å². The highest BCUT2D eigenvalue weighted by Crippen LogP contribution is 2.46. The lowest BCUT2D eigenvalue weighted by atomic mass is 9.84. The Morgan fingerprint density at radius 3 is 1.57 bits per heavy atom. The van der Waals surface area contributed by atoms with Crippen LogP contribution in [0.15, 0.2) is 133 Å². The molecule has 0 heterocycles. The van der Waals surface area contributed by atoms with E-state index in [1.807, 2.05) is 12.1 Å². The lowest BCUT2D eigenvalue weighted by Crippen LogP contribution is -1.92. The third kappa shape index (κ3) is 3.22. The molecular weight excluding hydrogens is 511 g/mol. The molecule has 196 valence electrons. The quantitative estimate of drug-likeness (QED) is 0.152. The molecule has 9 aromatic carbocycles. The molecule has 42 heavy (non-hydrogen) atoms. The van der Waals surface area contributed by atoms with Crippen molar-refractivity contribution in [3.63, 3.8) is 0 Å². The van der Waals surface area contributed by atoms with E-state index >= 15 is 0 Å². The second-order valence-corrected chi connectivity index (χ2v) is 11.4. The fourth-order valence-corrected chi connectivity index (χ4v) is 7.29. The summed E-state index contributed by atoms with van der Waals surface area (Å²) in [6, 6.07) is 47.2. The van der Waals surface area contributed by atoms with E-state index in [0.29, 0.717) is 0 Å². The lowest BCUT2D eigenvalue weighted by molar-refractivity contribution is 0.630. The summed E-state index contributed by atoms with van der Waals surface area (Å²) in [4.78, 5) is 0. The standard InChI is InChI=1S/C41H25F/c1-24-31-6-2-4-8-34(31)41(35-9-5-3-7-32(24)35)38-21-16-26-14-19-36-33(18-13-25-15-20-37(38)40(26)39(25)36)29-11-10-28-23-30(42)17-12-27(28)22-29/h2-23H,1H3. The Morgan fingerprint density at radius 1 is 0.405 bits per heavy atom. The largest absolute Gasteiger partial charge is 0.207 e. The van der Waals surface area contributed by atoms with Gasteiger partial charge in [-0.25, -0.2) is 4.39 Å². The molecule has 0 unspecified atom stereocenters. The van der Waals surface area contributed by atoms with Crippen LogP contribution in [-0.2, 0) is 0 Å². The van der Waals surface area contributed by atoms with Crippen molar-refractivity contribution in [2.24, 2.45) is 0 Å². The van der Waals surface area contributed by atoms with E-state index in [2.05, 4.69) is 116 Å². The SMILES string of the molecule is Cc1c2ccccc2c(-c2ccc3ccc4c(-c5ccc6cc(F)ccc6c5)ccc5ccc2c3c54)c2ccccc12. The Morgan fingerprint density at radius 2 is 0.905 bits per heavy atom. The Bertz CT molecular complexity index is 2480. The van der Waals surface area contributed by atoms with Crippen LogP contribution < -0.4 is 0 Å². The van der Waals surface area contributed by atoms with E-state index in [-0.39, 0.29) is 5.82 Å². The average Bonchev–Trinajstić information content (AvgIpc) is 3.04. The van der Waals surface area contributed by atoms with Crippen LogP contribution in [0.5, 0.6) is 0 Å². The number of hydrogen-bond donors (Lipinski definition) is 0. The van der Waals surface area contributed by atoms with Crippen molar-refractivity contribution in [1.29, 1.82) is 0 Å². The monoisotopic (exact) mass is 536 g/mol. The minimum atomic E-state index is -0.206. The fourth-order valence-electron chi connectivity index (χ4n) is 7.29. The average molecular weight is 537 g/mol. The molecule has 0 aliphatic rings. The number of benzene rings is 9. The fraction of sp³-hybridized carbons (Fsp3) is 0.0244. The molecule has 0 spiro atoms. The first kappa shape index (κ1) is 23.4. The van der Waals surface area contributed by atoms with Gasteiger partial charge in [-0.05, 0) is 118 Å². The van der Waals surface area contributed by atoms with Crippen molar-refractivity contribution in [3.05, 3.63) is 145 Å². The molecule has 9 rings (SSSR count). The lowest BCUT2D eigenvalue weighted by Gasteiger charge is -2.19. The number of aryl methyl sites for hydroxylation is 1. The van der Waals surface area contributed by atoms with Gasteiger partial charge in [0.2, 0.25) is 0 Å². The van der Waals surface area contributed by atoms with Gasteiger partial charge < -0.3 is 0 Å². The van der Waals surface area contributed by atoms with Crippen LogP contribution in [0.1, 0.15) is 5.56 Å². The van der Waals surface area contributed by atoms with Gasteiger partial charge in [0.05, 0.1) is 0 Å². The van der Waals surface area contributed by atoms with Gasteiger partial charge in [-0.1, -0.05) is 115 Å². The van der Waals surface area contributed by atoms with Crippen LogP contribution in [0.25, 0.3) is 86.9 Å². The predicted octanol–water partition coefficient (Wildman–Crippen LogP) is 11.8. The summed E-state index contributed by atoms with van der Waals surface area (Å²) in [5.41, 5.74) is 6.22. The molecule has 1 heteroatoms. The van der Waals surface area contributed by atoms with Gasteiger partial charge in [-0.3, -0.25) is 0 Å². The molecule has 0 fully saturated rings. The van der Waals surface area contributed by atoms with E-state index in [1.165, 1.54) is 82.2 Å². The first-order valence-corrected chi connectivity index (χ1v) is 14.5. The third-order valence-corrected chi connectivity index (χ3v) is 9.25. The highest BCUT2D eigenvalue weighted by molar-refractivity contribution is 6.29. The Labute approximate surface area is 242 Å². The van der Waals surface area contributed by atoms with Crippen LogP contribution in [0.2, 0.25) is 0 Å². The normalized spacial score (nSPS) is 12.0. The molecule has 0 aromatic heterocycles.